The average molecular weight is 224 g/mol. The molecule has 7 heteroatoms. The lowest BCUT2D eigenvalue weighted by molar-refractivity contribution is -0.142. The minimum Gasteiger partial charge on any atom is -0.480 e. The van der Waals surface area contributed by atoms with Crippen LogP contribution in [0.2, 0.25) is 0 Å². The number of carboxylic acids is 1. The molecule has 0 aromatic carbocycles. The molecule has 1 aliphatic heterocycles. The van der Waals surface area contributed by atoms with E-state index in [2.05, 4.69) is 15.4 Å². The Bertz CT molecular complexity index is 403. The zero-order valence-electron chi connectivity index (χ0n) is 8.75. The maximum Gasteiger partial charge on any atom is 0.326 e. The minimum absolute atomic E-state index is 0.0339. The summed E-state index contributed by atoms with van der Waals surface area (Å²) in [7, 11) is 0. The second-order valence-electron chi connectivity index (χ2n) is 3.90. The Balaban J connectivity index is 2.21. The van der Waals surface area contributed by atoms with Gasteiger partial charge in [0.2, 0.25) is 0 Å². The molecule has 1 saturated heterocycles. The third-order valence-electron chi connectivity index (χ3n) is 2.85. The van der Waals surface area contributed by atoms with Crippen LogP contribution in [0.15, 0.2) is 6.20 Å². The van der Waals surface area contributed by atoms with Crippen molar-refractivity contribution in [1.82, 2.24) is 20.3 Å². The molecule has 2 heterocycles. The number of nitrogens with one attached hydrogen (secondary N) is 1. The number of nitrogens with zero attached hydrogens (tertiary/aromatic N) is 3. The lowest BCUT2D eigenvalue weighted by atomic mass is 10.0. The summed E-state index contributed by atoms with van der Waals surface area (Å²) in [5, 5.41) is 18.6. The van der Waals surface area contributed by atoms with Crippen LogP contribution in [0.5, 0.6) is 0 Å². The van der Waals surface area contributed by atoms with Crippen molar-refractivity contribution in [1.29, 1.82) is 0 Å². The number of aromatic amines is 1. The third kappa shape index (κ3) is 1.64. The van der Waals surface area contributed by atoms with Crippen molar-refractivity contribution in [3.05, 3.63) is 11.9 Å². The Hall–Kier alpha value is -1.92. The van der Waals surface area contributed by atoms with Crippen LogP contribution in [-0.2, 0) is 4.79 Å². The number of hydrogen-bond acceptors (Lipinski definition) is 4. The van der Waals surface area contributed by atoms with E-state index in [-0.39, 0.29) is 17.5 Å². The molecule has 7 nitrogen and oxygen atoms in total. The molecule has 1 aromatic heterocycles. The molecule has 1 aromatic rings. The molecule has 2 N–H and O–H groups in total. The number of carbonyl (C=O) groups excluding carboxylic acids is 1. The molecule has 1 fully saturated rings. The third-order valence-corrected chi connectivity index (χ3v) is 2.85. The van der Waals surface area contributed by atoms with Crippen LogP contribution in [0.1, 0.15) is 23.8 Å². The number of rotatable bonds is 2. The van der Waals surface area contributed by atoms with Gasteiger partial charge in [-0.3, -0.25) is 4.79 Å². The Labute approximate surface area is 91.4 Å². The van der Waals surface area contributed by atoms with Gasteiger partial charge in [0.25, 0.3) is 5.91 Å². The van der Waals surface area contributed by atoms with Gasteiger partial charge in [-0.05, 0) is 12.3 Å². The molecule has 0 spiro atoms. The maximum atomic E-state index is 11.9. The summed E-state index contributed by atoms with van der Waals surface area (Å²) in [6, 6.07) is -0.760. The van der Waals surface area contributed by atoms with Crippen LogP contribution in [0.25, 0.3) is 0 Å². The normalized spacial score (nSPS) is 24.7. The number of amides is 1. The predicted molar refractivity (Wildman–Crippen MR) is 52.6 cm³/mol. The summed E-state index contributed by atoms with van der Waals surface area (Å²) < 4.78 is 0. The Kier molecular flexibility index (Phi) is 2.59. The van der Waals surface area contributed by atoms with Gasteiger partial charge >= 0.3 is 5.97 Å². The van der Waals surface area contributed by atoms with Crippen molar-refractivity contribution < 1.29 is 14.7 Å². The highest BCUT2D eigenvalue weighted by Gasteiger charge is 2.40. The Morgan fingerprint density at radius 1 is 1.62 bits per heavy atom. The number of hydrogen-bond donors (Lipinski definition) is 2. The summed E-state index contributed by atoms with van der Waals surface area (Å²) in [5.74, 6) is -1.39. The standard InChI is InChI=1S/C9H12N4O3/c1-5-2-3-13(7(5)9(15)16)8(14)6-4-10-12-11-6/h4-5,7H,2-3H2,1H3,(H,15,16)(H,10,11,12). The van der Waals surface area contributed by atoms with Gasteiger partial charge in [-0.15, -0.1) is 0 Å². The van der Waals surface area contributed by atoms with E-state index in [4.69, 9.17) is 5.11 Å². The molecule has 86 valence electrons. The lowest BCUT2D eigenvalue weighted by Gasteiger charge is -2.22. The van der Waals surface area contributed by atoms with Gasteiger partial charge in [-0.1, -0.05) is 6.92 Å². The van der Waals surface area contributed by atoms with Gasteiger partial charge in [-0.2, -0.15) is 15.4 Å². The van der Waals surface area contributed by atoms with Crippen molar-refractivity contribution in [3.63, 3.8) is 0 Å². The summed E-state index contributed by atoms with van der Waals surface area (Å²) in [4.78, 5) is 24.3. The lowest BCUT2D eigenvalue weighted by Crippen LogP contribution is -2.42. The quantitative estimate of drug-likeness (QED) is 0.721. The molecule has 16 heavy (non-hydrogen) atoms. The van der Waals surface area contributed by atoms with Crippen LogP contribution in [-0.4, -0.2) is 49.9 Å². The van der Waals surface area contributed by atoms with E-state index in [0.717, 1.165) is 0 Å². The molecule has 1 amide bonds. The second-order valence-corrected chi connectivity index (χ2v) is 3.90. The maximum absolute atomic E-state index is 11.9. The van der Waals surface area contributed by atoms with Crippen molar-refractivity contribution in [2.75, 3.05) is 6.54 Å². The van der Waals surface area contributed by atoms with E-state index in [1.54, 1.807) is 0 Å². The first-order chi connectivity index (χ1) is 7.61. The molecule has 2 rings (SSSR count). The fourth-order valence-corrected chi connectivity index (χ4v) is 2.00. The van der Waals surface area contributed by atoms with Crippen LogP contribution in [0, 0.1) is 5.92 Å². The fourth-order valence-electron chi connectivity index (χ4n) is 2.00. The highest BCUT2D eigenvalue weighted by atomic mass is 16.4. The molecular formula is C9H12N4O3. The average Bonchev–Trinajstić information content (AvgIpc) is 2.84. The van der Waals surface area contributed by atoms with Crippen molar-refractivity contribution in [2.24, 2.45) is 5.92 Å². The molecule has 0 saturated carbocycles. The van der Waals surface area contributed by atoms with Gasteiger partial charge in [0.05, 0.1) is 6.20 Å². The van der Waals surface area contributed by atoms with Gasteiger partial charge in [0, 0.05) is 6.54 Å². The first-order valence-electron chi connectivity index (χ1n) is 5.01. The second kappa shape index (κ2) is 3.92. The number of likely N-dealkylation sites (tertiary alicyclic amines) is 1. The topological polar surface area (TPSA) is 99.2 Å². The number of aliphatic carboxylic acids is 1. The first-order valence-corrected chi connectivity index (χ1v) is 5.01. The highest BCUT2D eigenvalue weighted by molar-refractivity contribution is 5.95. The van der Waals surface area contributed by atoms with Crippen molar-refractivity contribution in [3.8, 4) is 0 Å². The SMILES string of the molecule is CC1CCN(C(=O)c2cn[nH]n2)C1C(=O)O. The molecular weight excluding hydrogens is 212 g/mol. The summed E-state index contributed by atoms with van der Waals surface area (Å²) in [6.45, 7) is 2.28. The van der Waals surface area contributed by atoms with Gasteiger partial charge < -0.3 is 10.0 Å². The van der Waals surface area contributed by atoms with E-state index in [0.29, 0.717) is 13.0 Å². The minimum atomic E-state index is -0.971. The summed E-state index contributed by atoms with van der Waals surface area (Å²) in [6.07, 6.45) is 1.99. The zero-order valence-corrected chi connectivity index (χ0v) is 8.75. The summed E-state index contributed by atoms with van der Waals surface area (Å²) in [5.41, 5.74) is 0.153. The highest BCUT2D eigenvalue weighted by Crippen LogP contribution is 2.25. The molecule has 0 aliphatic carbocycles. The van der Waals surface area contributed by atoms with Crippen LogP contribution in [0.3, 0.4) is 0 Å². The molecule has 0 radical (unpaired) electrons. The van der Waals surface area contributed by atoms with Gasteiger partial charge in [0.15, 0.2) is 5.69 Å². The predicted octanol–water partition coefficient (Wildman–Crippen LogP) is -0.260. The monoisotopic (exact) mass is 224 g/mol. The largest absolute Gasteiger partial charge is 0.480 e. The molecule has 0 bridgehead atoms. The number of H-pyrrole nitrogens is 1. The van der Waals surface area contributed by atoms with Crippen LogP contribution in [0.4, 0.5) is 0 Å². The van der Waals surface area contributed by atoms with E-state index >= 15 is 0 Å². The van der Waals surface area contributed by atoms with E-state index in [1.807, 2.05) is 6.92 Å². The first kappa shape index (κ1) is 10.6. The molecule has 2 atom stereocenters. The van der Waals surface area contributed by atoms with Crippen LogP contribution >= 0.6 is 0 Å². The molecule has 1 aliphatic rings. The fraction of sp³-hybridized carbons (Fsp3) is 0.556. The van der Waals surface area contributed by atoms with Gasteiger partial charge in [0.1, 0.15) is 6.04 Å². The number of carboxylic acid groups (broad SMARTS) is 1. The summed E-state index contributed by atoms with van der Waals surface area (Å²) >= 11 is 0. The number of carbonyl (C=O) groups is 2. The Morgan fingerprint density at radius 2 is 2.38 bits per heavy atom. The van der Waals surface area contributed by atoms with Crippen LogP contribution < -0.4 is 0 Å². The number of aromatic nitrogens is 3. The van der Waals surface area contributed by atoms with Gasteiger partial charge in [-0.25, -0.2) is 4.79 Å². The zero-order chi connectivity index (χ0) is 11.7. The van der Waals surface area contributed by atoms with E-state index in [1.165, 1.54) is 11.1 Å². The van der Waals surface area contributed by atoms with E-state index in [9.17, 15) is 9.59 Å². The van der Waals surface area contributed by atoms with Crippen molar-refractivity contribution >= 4 is 11.9 Å². The van der Waals surface area contributed by atoms with E-state index < -0.39 is 12.0 Å². The molecule has 2 unspecified atom stereocenters. The Morgan fingerprint density at radius 3 is 2.94 bits per heavy atom. The smallest absolute Gasteiger partial charge is 0.326 e. The van der Waals surface area contributed by atoms with Crippen molar-refractivity contribution in [2.45, 2.75) is 19.4 Å².